The Bertz CT molecular complexity index is 787. The molecule has 1 saturated heterocycles. The van der Waals surface area contributed by atoms with Crippen LogP contribution in [0.25, 0.3) is 0 Å². The third kappa shape index (κ3) is 4.85. The van der Waals surface area contributed by atoms with Gasteiger partial charge in [0.1, 0.15) is 18.1 Å². The van der Waals surface area contributed by atoms with Crippen molar-refractivity contribution in [3.05, 3.63) is 59.2 Å². The van der Waals surface area contributed by atoms with E-state index in [0.717, 1.165) is 63.6 Å². The molecule has 4 rings (SSSR count). The van der Waals surface area contributed by atoms with Crippen LogP contribution in [0.15, 0.2) is 42.5 Å². The second-order valence-corrected chi connectivity index (χ2v) is 7.86. The molecule has 1 fully saturated rings. The maximum Gasteiger partial charge on any atom is 0.123 e. The highest BCUT2D eigenvalue weighted by Crippen LogP contribution is 2.27. The number of hydrogen-bond donors (Lipinski definition) is 1. The molecule has 0 radical (unpaired) electrons. The van der Waals surface area contributed by atoms with Crippen molar-refractivity contribution in [2.24, 2.45) is 0 Å². The molecular formula is C23H30N2O3. The Labute approximate surface area is 167 Å². The molecule has 1 N–H and O–H groups in total. The molecule has 0 bridgehead atoms. The van der Waals surface area contributed by atoms with E-state index in [1.165, 1.54) is 16.7 Å². The van der Waals surface area contributed by atoms with E-state index in [1.54, 1.807) is 7.11 Å². The molecule has 5 heteroatoms. The number of benzene rings is 2. The van der Waals surface area contributed by atoms with Crippen molar-refractivity contribution in [2.75, 3.05) is 33.4 Å². The fourth-order valence-electron chi connectivity index (χ4n) is 4.10. The van der Waals surface area contributed by atoms with Crippen LogP contribution in [-0.4, -0.2) is 54.4 Å². The Morgan fingerprint density at radius 2 is 1.79 bits per heavy atom. The largest absolute Gasteiger partial charge is 0.497 e. The van der Waals surface area contributed by atoms with Crippen molar-refractivity contribution < 1.29 is 14.6 Å². The van der Waals surface area contributed by atoms with Crippen LogP contribution in [0.4, 0.5) is 0 Å². The van der Waals surface area contributed by atoms with Crippen LogP contribution in [0.1, 0.15) is 29.5 Å². The fourth-order valence-corrected chi connectivity index (χ4v) is 4.10. The number of aliphatic hydroxyl groups is 1. The highest BCUT2D eigenvalue weighted by atomic mass is 16.5. The van der Waals surface area contributed by atoms with Gasteiger partial charge in [0.25, 0.3) is 0 Å². The fraction of sp³-hybridized carbons (Fsp3) is 0.478. The van der Waals surface area contributed by atoms with Gasteiger partial charge in [0.2, 0.25) is 0 Å². The lowest BCUT2D eigenvalue weighted by atomic mass is 10.0. The molecule has 0 saturated carbocycles. The first-order chi connectivity index (χ1) is 13.7. The van der Waals surface area contributed by atoms with Gasteiger partial charge in [-0.1, -0.05) is 18.2 Å². The monoisotopic (exact) mass is 382 g/mol. The molecule has 2 aromatic rings. The molecule has 0 aliphatic carbocycles. The van der Waals surface area contributed by atoms with Crippen LogP contribution in [0, 0.1) is 0 Å². The number of hydrogen-bond acceptors (Lipinski definition) is 5. The zero-order valence-corrected chi connectivity index (χ0v) is 16.6. The summed E-state index contributed by atoms with van der Waals surface area (Å²) in [6.07, 6.45) is 1.63. The molecule has 0 aromatic heterocycles. The second-order valence-electron chi connectivity index (χ2n) is 7.86. The van der Waals surface area contributed by atoms with Gasteiger partial charge < -0.3 is 14.6 Å². The Morgan fingerprint density at radius 3 is 2.61 bits per heavy atom. The van der Waals surface area contributed by atoms with Gasteiger partial charge in [-0.2, -0.15) is 0 Å². The van der Waals surface area contributed by atoms with E-state index in [9.17, 15) is 5.11 Å². The van der Waals surface area contributed by atoms with E-state index in [4.69, 9.17) is 9.47 Å². The Kier molecular flexibility index (Phi) is 6.15. The van der Waals surface area contributed by atoms with Crippen LogP contribution >= 0.6 is 0 Å². The molecule has 0 amide bonds. The highest BCUT2D eigenvalue weighted by Gasteiger charge is 2.19. The number of aliphatic hydroxyl groups excluding tert-OH is 1. The summed E-state index contributed by atoms with van der Waals surface area (Å²) in [4.78, 5) is 4.86. The van der Waals surface area contributed by atoms with Crippen molar-refractivity contribution in [2.45, 2.75) is 38.6 Å². The first-order valence-corrected chi connectivity index (χ1v) is 10.2. The van der Waals surface area contributed by atoms with Gasteiger partial charge in [-0.05, 0) is 48.2 Å². The maximum absolute atomic E-state index is 9.71. The van der Waals surface area contributed by atoms with E-state index < -0.39 is 0 Å². The second kappa shape index (κ2) is 8.95. The first kappa shape index (κ1) is 19.2. The zero-order valence-electron chi connectivity index (χ0n) is 16.6. The Balaban J connectivity index is 1.44. The standard InChI is InChI=1S/C23H30N2O3/c1-27-22-4-2-3-18(14-22)16-25-11-12-28-23-6-5-19(13-20(23)17-25)15-24-9-7-21(26)8-10-24/h2-6,13-14,21,26H,7-12,15-17H2,1H3. The molecule has 150 valence electrons. The van der Waals surface area contributed by atoms with Gasteiger partial charge in [-0.15, -0.1) is 0 Å². The summed E-state index contributed by atoms with van der Waals surface area (Å²) in [5.74, 6) is 1.91. The molecule has 2 heterocycles. The van der Waals surface area contributed by atoms with Crippen LogP contribution in [-0.2, 0) is 19.6 Å². The summed E-state index contributed by atoms with van der Waals surface area (Å²) in [6, 6.07) is 14.9. The molecule has 0 spiro atoms. The van der Waals surface area contributed by atoms with Gasteiger partial charge in [0.15, 0.2) is 0 Å². The van der Waals surface area contributed by atoms with Crippen molar-refractivity contribution >= 4 is 0 Å². The molecule has 2 aliphatic rings. The van der Waals surface area contributed by atoms with Crippen molar-refractivity contribution in [1.82, 2.24) is 9.80 Å². The van der Waals surface area contributed by atoms with Gasteiger partial charge in [0, 0.05) is 44.8 Å². The normalized spacial score (nSPS) is 18.9. The highest BCUT2D eigenvalue weighted by molar-refractivity contribution is 5.38. The predicted molar refractivity (Wildman–Crippen MR) is 110 cm³/mol. The molecule has 28 heavy (non-hydrogen) atoms. The third-order valence-electron chi connectivity index (χ3n) is 5.69. The lowest BCUT2D eigenvalue weighted by Gasteiger charge is -2.29. The minimum atomic E-state index is -0.123. The van der Waals surface area contributed by atoms with Gasteiger partial charge in [0.05, 0.1) is 13.2 Å². The number of methoxy groups -OCH3 is 1. The molecule has 2 aromatic carbocycles. The van der Waals surface area contributed by atoms with Crippen LogP contribution in [0.3, 0.4) is 0 Å². The Morgan fingerprint density at radius 1 is 1.00 bits per heavy atom. The predicted octanol–water partition coefficient (Wildman–Crippen LogP) is 3.05. The van der Waals surface area contributed by atoms with E-state index >= 15 is 0 Å². The third-order valence-corrected chi connectivity index (χ3v) is 5.69. The average Bonchev–Trinajstić information content (AvgIpc) is 2.91. The summed E-state index contributed by atoms with van der Waals surface area (Å²) in [6.45, 7) is 6.27. The minimum Gasteiger partial charge on any atom is -0.497 e. The molecule has 0 atom stereocenters. The number of ether oxygens (including phenoxy) is 2. The van der Waals surface area contributed by atoms with Gasteiger partial charge >= 0.3 is 0 Å². The summed E-state index contributed by atoms with van der Waals surface area (Å²) < 4.78 is 11.4. The van der Waals surface area contributed by atoms with Crippen molar-refractivity contribution in [3.63, 3.8) is 0 Å². The quantitative estimate of drug-likeness (QED) is 0.861. The zero-order chi connectivity index (χ0) is 19.3. The summed E-state index contributed by atoms with van der Waals surface area (Å²) >= 11 is 0. The van der Waals surface area contributed by atoms with E-state index in [1.807, 2.05) is 12.1 Å². The van der Waals surface area contributed by atoms with Gasteiger partial charge in [-0.3, -0.25) is 9.80 Å². The van der Waals surface area contributed by atoms with Crippen LogP contribution < -0.4 is 9.47 Å². The number of likely N-dealkylation sites (tertiary alicyclic amines) is 1. The van der Waals surface area contributed by atoms with Crippen LogP contribution in [0.5, 0.6) is 11.5 Å². The molecule has 2 aliphatic heterocycles. The van der Waals surface area contributed by atoms with Gasteiger partial charge in [-0.25, -0.2) is 0 Å². The van der Waals surface area contributed by atoms with E-state index in [2.05, 4.69) is 40.1 Å². The first-order valence-electron chi connectivity index (χ1n) is 10.2. The van der Waals surface area contributed by atoms with Crippen molar-refractivity contribution in [1.29, 1.82) is 0 Å². The topological polar surface area (TPSA) is 45.2 Å². The lowest BCUT2D eigenvalue weighted by molar-refractivity contribution is 0.0792. The van der Waals surface area contributed by atoms with E-state index in [-0.39, 0.29) is 6.10 Å². The summed E-state index contributed by atoms with van der Waals surface area (Å²) in [7, 11) is 1.71. The number of fused-ring (bicyclic) bond motifs is 1. The smallest absolute Gasteiger partial charge is 0.123 e. The van der Waals surface area contributed by atoms with Crippen molar-refractivity contribution in [3.8, 4) is 11.5 Å². The SMILES string of the molecule is COc1cccc(CN2CCOc3ccc(CN4CCC(O)CC4)cc3C2)c1. The molecular weight excluding hydrogens is 352 g/mol. The number of nitrogens with zero attached hydrogens (tertiary/aromatic N) is 2. The number of piperidine rings is 1. The molecule has 0 unspecified atom stereocenters. The van der Waals surface area contributed by atoms with E-state index in [0.29, 0.717) is 6.61 Å². The summed E-state index contributed by atoms with van der Waals surface area (Å²) in [5.41, 5.74) is 3.84. The number of rotatable bonds is 5. The maximum atomic E-state index is 9.71. The summed E-state index contributed by atoms with van der Waals surface area (Å²) in [5, 5.41) is 9.71. The Hall–Kier alpha value is -2.08. The lowest BCUT2D eigenvalue weighted by Crippen LogP contribution is -2.35. The average molecular weight is 383 g/mol. The minimum absolute atomic E-state index is 0.123. The van der Waals surface area contributed by atoms with Crippen LogP contribution in [0.2, 0.25) is 0 Å². The molecule has 5 nitrogen and oxygen atoms in total.